The number of nitrogens with one attached hydrogen (secondary N) is 1. The second-order valence-electron chi connectivity index (χ2n) is 6.79. The summed E-state index contributed by atoms with van der Waals surface area (Å²) in [5.74, 6) is 1.34. The van der Waals surface area contributed by atoms with Gasteiger partial charge in [-0.05, 0) is 44.9 Å². The van der Waals surface area contributed by atoms with Gasteiger partial charge < -0.3 is 10.2 Å². The zero-order chi connectivity index (χ0) is 16.9. The third kappa shape index (κ3) is 5.45. The maximum atomic E-state index is 12.5. The number of nitrogens with zero attached hydrogens (tertiary/aromatic N) is 1. The highest BCUT2D eigenvalue weighted by atomic mass is 32.2. The molecule has 0 saturated heterocycles. The fraction of sp³-hybridized carbons (Fsp3) is 0.938. The van der Waals surface area contributed by atoms with Gasteiger partial charge in [-0.3, -0.25) is 0 Å². The Morgan fingerprint density at radius 3 is 2.41 bits per heavy atom. The summed E-state index contributed by atoms with van der Waals surface area (Å²) in [5.41, 5.74) is 0. The summed E-state index contributed by atoms with van der Waals surface area (Å²) >= 11 is 0. The number of sulfone groups is 1. The Labute approximate surface area is 135 Å². The molecular formula is C16H32N2O3S. The van der Waals surface area contributed by atoms with Crippen molar-refractivity contribution in [3.05, 3.63) is 0 Å². The molecular weight excluding hydrogens is 300 g/mol. The predicted molar refractivity (Wildman–Crippen MR) is 90.7 cm³/mol. The van der Waals surface area contributed by atoms with E-state index in [4.69, 9.17) is 0 Å². The molecule has 0 unspecified atom stereocenters. The Hall–Kier alpha value is -0.780. The van der Waals surface area contributed by atoms with Crippen molar-refractivity contribution in [1.82, 2.24) is 10.2 Å². The first kappa shape index (κ1) is 19.3. The Kier molecular flexibility index (Phi) is 7.16. The van der Waals surface area contributed by atoms with E-state index in [1.165, 1.54) is 0 Å². The first-order valence-electron chi connectivity index (χ1n) is 8.47. The van der Waals surface area contributed by atoms with Crippen LogP contribution in [0.15, 0.2) is 0 Å². The smallest absolute Gasteiger partial charge is 0.317 e. The van der Waals surface area contributed by atoms with Crippen LogP contribution in [0.25, 0.3) is 0 Å². The maximum absolute atomic E-state index is 12.5. The lowest BCUT2D eigenvalue weighted by atomic mass is 9.80. The van der Waals surface area contributed by atoms with Crippen LogP contribution in [0.3, 0.4) is 0 Å². The molecule has 22 heavy (non-hydrogen) atoms. The Morgan fingerprint density at radius 1 is 1.27 bits per heavy atom. The zero-order valence-electron chi connectivity index (χ0n) is 14.6. The quantitative estimate of drug-likeness (QED) is 0.813. The van der Waals surface area contributed by atoms with Crippen molar-refractivity contribution < 1.29 is 13.2 Å². The maximum Gasteiger partial charge on any atom is 0.317 e. The minimum absolute atomic E-state index is 0.0298. The standard InChI is InChI=1S/C16H32N2O3S/c1-6-18(14(5)11-22(20,21)7-2)16(19)17-15-9-8-12(3)10-13(15)4/h12-15H,6-11H2,1-5H3,(H,17,19)/t12-,13+,14-,15+/m0/s1. The van der Waals surface area contributed by atoms with E-state index in [1.807, 2.05) is 13.8 Å². The highest BCUT2D eigenvalue weighted by Crippen LogP contribution is 2.28. The van der Waals surface area contributed by atoms with Crippen molar-refractivity contribution in [3.8, 4) is 0 Å². The van der Waals surface area contributed by atoms with Crippen LogP contribution < -0.4 is 5.32 Å². The molecule has 0 aromatic carbocycles. The van der Waals surface area contributed by atoms with Gasteiger partial charge >= 0.3 is 6.03 Å². The van der Waals surface area contributed by atoms with Crippen molar-refractivity contribution in [1.29, 1.82) is 0 Å². The van der Waals surface area contributed by atoms with E-state index in [-0.39, 0.29) is 29.6 Å². The van der Waals surface area contributed by atoms with Crippen LogP contribution in [0.2, 0.25) is 0 Å². The summed E-state index contributed by atoms with van der Waals surface area (Å²) in [4.78, 5) is 14.1. The minimum atomic E-state index is -3.08. The molecule has 0 radical (unpaired) electrons. The highest BCUT2D eigenvalue weighted by Gasteiger charge is 2.29. The highest BCUT2D eigenvalue weighted by molar-refractivity contribution is 7.91. The lowest BCUT2D eigenvalue weighted by Gasteiger charge is -2.36. The molecule has 0 bridgehead atoms. The first-order valence-corrected chi connectivity index (χ1v) is 10.3. The second-order valence-corrected chi connectivity index (χ2v) is 9.18. The predicted octanol–water partition coefficient (Wildman–Crippen LogP) is 2.67. The number of hydrogen-bond donors (Lipinski definition) is 1. The van der Waals surface area contributed by atoms with Crippen molar-refractivity contribution in [2.75, 3.05) is 18.1 Å². The number of urea groups is 1. The average Bonchev–Trinajstić information content (AvgIpc) is 2.42. The fourth-order valence-corrected chi connectivity index (χ4v) is 4.50. The molecule has 0 aromatic heterocycles. The summed E-state index contributed by atoms with van der Waals surface area (Å²) in [6.45, 7) is 10.3. The Bertz CT molecular complexity index is 464. The molecule has 2 amide bonds. The molecule has 130 valence electrons. The summed E-state index contributed by atoms with van der Waals surface area (Å²) in [6.07, 6.45) is 3.28. The van der Waals surface area contributed by atoms with Crippen LogP contribution in [-0.4, -0.2) is 49.5 Å². The van der Waals surface area contributed by atoms with Gasteiger partial charge in [0, 0.05) is 24.4 Å². The summed E-state index contributed by atoms with van der Waals surface area (Å²) in [5, 5.41) is 3.12. The van der Waals surface area contributed by atoms with Crippen molar-refractivity contribution in [2.24, 2.45) is 11.8 Å². The molecule has 0 aromatic rings. The monoisotopic (exact) mass is 332 g/mol. The second kappa shape index (κ2) is 8.18. The topological polar surface area (TPSA) is 66.5 Å². The number of amides is 2. The molecule has 1 saturated carbocycles. The Morgan fingerprint density at radius 2 is 1.91 bits per heavy atom. The molecule has 5 nitrogen and oxygen atoms in total. The van der Waals surface area contributed by atoms with E-state index in [0.717, 1.165) is 25.2 Å². The van der Waals surface area contributed by atoms with Gasteiger partial charge in [0.05, 0.1) is 5.75 Å². The van der Waals surface area contributed by atoms with Gasteiger partial charge in [0.15, 0.2) is 9.84 Å². The summed E-state index contributed by atoms with van der Waals surface area (Å²) < 4.78 is 23.5. The van der Waals surface area contributed by atoms with Crippen LogP contribution in [0.5, 0.6) is 0 Å². The number of carbonyl (C=O) groups is 1. The third-order valence-corrected chi connectivity index (χ3v) is 6.68. The van der Waals surface area contributed by atoms with Gasteiger partial charge in [-0.25, -0.2) is 13.2 Å². The average molecular weight is 333 g/mol. The molecule has 1 N–H and O–H groups in total. The third-order valence-electron chi connectivity index (χ3n) is 4.81. The molecule has 6 heteroatoms. The molecule has 0 aliphatic heterocycles. The van der Waals surface area contributed by atoms with Crippen molar-refractivity contribution in [3.63, 3.8) is 0 Å². The van der Waals surface area contributed by atoms with Gasteiger partial charge in [-0.1, -0.05) is 20.8 Å². The fourth-order valence-electron chi connectivity index (χ4n) is 3.35. The van der Waals surface area contributed by atoms with Gasteiger partial charge in [-0.2, -0.15) is 0 Å². The molecule has 1 aliphatic rings. The van der Waals surface area contributed by atoms with E-state index >= 15 is 0 Å². The van der Waals surface area contributed by atoms with Gasteiger partial charge in [0.1, 0.15) is 0 Å². The van der Waals surface area contributed by atoms with Crippen LogP contribution in [-0.2, 0) is 9.84 Å². The number of carbonyl (C=O) groups excluding carboxylic acids is 1. The zero-order valence-corrected chi connectivity index (χ0v) is 15.4. The van der Waals surface area contributed by atoms with Crippen molar-refractivity contribution in [2.45, 2.75) is 66.0 Å². The molecule has 0 spiro atoms. The van der Waals surface area contributed by atoms with E-state index in [2.05, 4.69) is 19.2 Å². The van der Waals surface area contributed by atoms with E-state index < -0.39 is 9.84 Å². The van der Waals surface area contributed by atoms with E-state index in [0.29, 0.717) is 12.5 Å². The van der Waals surface area contributed by atoms with Gasteiger partial charge in [-0.15, -0.1) is 0 Å². The molecule has 4 atom stereocenters. The molecule has 1 rings (SSSR count). The minimum Gasteiger partial charge on any atom is -0.335 e. The van der Waals surface area contributed by atoms with Crippen molar-refractivity contribution >= 4 is 15.9 Å². The lowest BCUT2D eigenvalue weighted by molar-refractivity contribution is 0.166. The van der Waals surface area contributed by atoms with Crippen LogP contribution in [0.1, 0.15) is 53.9 Å². The van der Waals surface area contributed by atoms with E-state index in [9.17, 15) is 13.2 Å². The number of rotatable bonds is 6. The van der Waals surface area contributed by atoms with E-state index in [1.54, 1.807) is 11.8 Å². The Balaban J connectivity index is 2.64. The number of hydrogen-bond acceptors (Lipinski definition) is 3. The summed E-state index contributed by atoms with van der Waals surface area (Å²) in [6, 6.07) is -0.229. The lowest BCUT2D eigenvalue weighted by Crippen LogP contribution is -2.52. The van der Waals surface area contributed by atoms with Gasteiger partial charge in [0.25, 0.3) is 0 Å². The molecule has 1 fully saturated rings. The normalized spacial score (nSPS) is 27.2. The van der Waals surface area contributed by atoms with Crippen LogP contribution in [0, 0.1) is 11.8 Å². The first-order chi connectivity index (χ1) is 10.2. The summed E-state index contributed by atoms with van der Waals surface area (Å²) in [7, 11) is -3.08. The van der Waals surface area contributed by atoms with Gasteiger partial charge in [0.2, 0.25) is 0 Å². The molecule has 0 heterocycles. The SMILES string of the molecule is CCN(C(=O)N[C@@H]1CC[C@H](C)C[C@H]1C)[C@@H](C)CS(=O)(=O)CC. The molecule has 1 aliphatic carbocycles. The van der Waals surface area contributed by atoms with Crippen LogP contribution in [0.4, 0.5) is 4.79 Å². The van der Waals surface area contributed by atoms with Crippen LogP contribution >= 0.6 is 0 Å². The largest absolute Gasteiger partial charge is 0.335 e.